The molecule has 236 valence electrons. The Hall–Kier alpha value is -3.77. The van der Waals surface area contributed by atoms with E-state index in [0.717, 1.165) is 45.1 Å². The first kappa shape index (κ1) is 30.3. The first-order valence-corrected chi connectivity index (χ1v) is 15.4. The second kappa shape index (κ2) is 12.7. The number of aromatic nitrogens is 4. The van der Waals surface area contributed by atoms with Crippen LogP contribution in [0.15, 0.2) is 36.7 Å². The molecule has 1 amide bonds. The molecule has 1 aromatic carbocycles. The van der Waals surface area contributed by atoms with Crippen LogP contribution in [0.5, 0.6) is 5.75 Å². The molecule has 0 spiro atoms. The Kier molecular flexibility index (Phi) is 8.73. The van der Waals surface area contributed by atoms with Crippen molar-refractivity contribution in [3.63, 3.8) is 0 Å². The van der Waals surface area contributed by atoms with Gasteiger partial charge in [-0.15, -0.1) is 10.2 Å². The second-order valence-electron chi connectivity index (χ2n) is 12.7. The molecule has 2 atom stereocenters. The molecule has 4 heterocycles. The molecule has 1 aliphatic carbocycles. The van der Waals surface area contributed by atoms with Gasteiger partial charge < -0.3 is 28.7 Å². The number of amides is 1. The molecular formula is C32H41FN6O5. The maximum Gasteiger partial charge on any atom is 0.410 e. The highest BCUT2D eigenvalue weighted by molar-refractivity contribution is 5.75. The van der Waals surface area contributed by atoms with Crippen molar-refractivity contribution >= 4 is 11.9 Å². The molecule has 3 aromatic rings. The number of carbonyl (C=O) groups excluding carboxylic acids is 1. The van der Waals surface area contributed by atoms with Crippen LogP contribution < -0.4 is 9.64 Å². The second-order valence-corrected chi connectivity index (χ2v) is 12.7. The first-order valence-electron chi connectivity index (χ1n) is 15.4. The Bertz CT molecular complexity index is 1450. The van der Waals surface area contributed by atoms with Crippen molar-refractivity contribution in [3.05, 3.63) is 42.5 Å². The normalized spacial score (nSPS) is 20.5. The number of ether oxygens (including phenoxy) is 4. The van der Waals surface area contributed by atoms with Crippen molar-refractivity contribution in [3.8, 4) is 28.1 Å². The molecule has 0 radical (unpaired) electrons. The van der Waals surface area contributed by atoms with E-state index in [1.807, 2.05) is 37.8 Å². The van der Waals surface area contributed by atoms with E-state index >= 15 is 4.39 Å². The van der Waals surface area contributed by atoms with Crippen LogP contribution in [0.1, 0.15) is 65.5 Å². The van der Waals surface area contributed by atoms with E-state index in [2.05, 4.69) is 20.2 Å². The predicted octanol–water partition coefficient (Wildman–Crippen LogP) is 5.81. The van der Waals surface area contributed by atoms with Crippen LogP contribution in [0.4, 0.5) is 15.0 Å². The summed E-state index contributed by atoms with van der Waals surface area (Å²) in [6.45, 7) is 7.75. The SMILES string of the molecule is COCOc1cc(-c2cnn(C3CCCCO3)c2)c(F)cc1-c1ccc(N2CC[C@H](N(C(=O)OC(C)(C)C)C3CC3)C2)nn1. The molecule has 1 saturated carbocycles. The number of anilines is 1. The third-order valence-corrected chi connectivity index (χ3v) is 8.12. The summed E-state index contributed by atoms with van der Waals surface area (Å²) in [5.74, 6) is 0.695. The number of hydrogen-bond donors (Lipinski definition) is 0. The maximum atomic E-state index is 15.6. The van der Waals surface area contributed by atoms with E-state index in [-0.39, 0.29) is 31.2 Å². The van der Waals surface area contributed by atoms with Crippen LogP contribution in [-0.4, -0.2) is 82.3 Å². The molecule has 2 aliphatic heterocycles. The summed E-state index contributed by atoms with van der Waals surface area (Å²) in [6, 6.07) is 7.04. The lowest BCUT2D eigenvalue weighted by Gasteiger charge is -2.31. The lowest BCUT2D eigenvalue weighted by atomic mass is 10.0. The number of rotatable bonds is 9. The van der Waals surface area contributed by atoms with Gasteiger partial charge in [0.15, 0.2) is 12.6 Å². The molecule has 0 bridgehead atoms. The third kappa shape index (κ3) is 6.81. The molecule has 11 nitrogen and oxygen atoms in total. The molecular weight excluding hydrogens is 567 g/mol. The van der Waals surface area contributed by atoms with Crippen LogP contribution >= 0.6 is 0 Å². The predicted molar refractivity (Wildman–Crippen MR) is 162 cm³/mol. The van der Waals surface area contributed by atoms with Crippen molar-refractivity contribution in [1.82, 2.24) is 24.9 Å². The zero-order valence-electron chi connectivity index (χ0n) is 25.9. The van der Waals surface area contributed by atoms with Gasteiger partial charge >= 0.3 is 6.09 Å². The van der Waals surface area contributed by atoms with Crippen molar-refractivity contribution in [2.24, 2.45) is 0 Å². The Morgan fingerprint density at radius 2 is 1.93 bits per heavy atom. The smallest absolute Gasteiger partial charge is 0.410 e. The summed E-state index contributed by atoms with van der Waals surface area (Å²) < 4.78 is 39.9. The lowest BCUT2D eigenvalue weighted by molar-refractivity contribution is -0.0394. The van der Waals surface area contributed by atoms with Crippen molar-refractivity contribution in [2.45, 2.75) is 83.2 Å². The van der Waals surface area contributed by atoms with Gasteiger partial charge in [-0.1, -0.05) is 0 Å². The summed E-state index contributed by atoms with van der Waals surface area (Å²) in [5.41, 5.74) is 1.39. The molecule has 3 fully saturated rings. The van der Waals surface area contributed by atoms with Crippen LogP contribution in [0, 0.1) is 5.82 Å². The number of hydrogen-bond acceptors (Lipinski definition) is 9. The summed E-state index contributed by atoms with van der Waals surface area (Å²) in [4.78, 5) is 17.0. The van der Waals surface area contributed by atoms with Gasteiger partial charge in [0.25, 0.3) is 0 Å². The van der Waals surface area contributed by atoms with Gasteiger partial charge in [0.1, 0.15) is 23.4 Å². The Morgan fingerprint density at radius 1 is 1.09 bits per heavy atom. The van der Waals surface area contributed by atoms with Crippen molar-refractivity contribution in [2.75, 3.05) is 38.5 Å². The van der Waals surface area contributed by atoms with Crippen molar-refractivity contribution < 1.29 is 28.1 Å². The van der Waals surface area contributed by atoms with Crippen LogP contribution in [-0.2, 0) is 14.2 Å². The zero-order chi connectivity index (χ0) is 30.8. The fraction of sp³-hybridized carbons (Fsp3) is 0.562. The Labute approximate surface area is 257 Å². The zero-order valence-corrected chi connectivity index (χ0v) is 25.9. The molecule has 2 aromatic heterocycles. The fourth-order valence-electron chi connectivity index (χ4n) is 5.86. The minimum Gasteiger partial charge on any atom is -0.467 e. The maximum absolute atomic E-state index is 15.6. The third-order valence-electron chi connectivity index (χ3n) is 8.12. The number of nitrogens with zero attached hydrogens (tertiary/aromatic N) is 6. The van der Waals surface area contributed by atoms with Gasteiger partial charge in [-0.25, -0.2) is 13.9 Å². The number of methoxy groups -OCH3 is 1. The molecule has 2 saturated heterocycles. The molecule has 44 heavy (non-hydrogen) atoms. The van der Waals surface area contributed by atoms with E-state index in [0.29, 0.717) is 47.1 Å². The van der Waals surface area contributed by atoms with Gasteiger partial charge in [0, 0.05) is 55.7 Å². The average molecular weight is 609 g/mol. The first-order chi connectivity index (χ1) is 21.2. The quantitative estimate of drug-likeness (QED) is 0.279. The Balaban J connectivity index is 1.19. The largest absolute Gasteiger partial charge is 0.467 e. The highest BCUT2D eigenvalue weighted by atomic mass is 19.1. The number of benzene rings is 1. The van der Waals surface area contributed by atoms with Gasteiger partial charge in [0.05, 0.1) is 17.9 Å². The number of carbonyl (C=O) groups is 1. The van der Waals surface area contributed by atoms with Gasteiger partial charge in [-0.3, -0.25) is 0 Å². The van der Waals surface area contributed by atoms with Crippen molar-refractivity contribution in [1.29, 1.82) is 0 Å². The van der Waals surface area contributed by atoms with E-state index in [4.69, 9.17) is 18.9 Å². The summed E-state index contributed by atoms with van der Waals surface area (Å²) in [7, 11) is 1.53. The van der Waals surface area contributed by atoms with E-state index in [1.54, 1.807) is 23.1 Å². The average Bonchev–Trinajstić information content (AvgIpc) is 3.50. The monoisotopic (exact) mass is 608 g/mol. The lowest BCUT2D eigenvalue weighted by Crippen LogP contribution is -2.46. The topological polar surface area (TPSA) is 104 Å². The van der Waals surface area contributed by atoms with Gasteiger partial charge in [-0.05, 0) is 83.6 Å². The highest BCUT2D eigenvalue weighted by Crippen LogP contribution is 2.37. The molecule has 3 aliphatic rings. The summed E-state index contributed by atoms with van der Waals surface area (Å²) in [5, 5.41) is 13.4. The minimum absolute atomic E-state index is 0.0108. The number of halogens is 1. The minimum atomic E-state index is -0.542. The Morgan fingerprint density at radius 3 is 2.61 bits per heavy atom. The van der Waals surface area contributed by atoms with Gasteiger partial charge in [0.2, 0.25) is 0 Å². The van der Waals surface area contributed by atoms with E-state index < -0.39 is 11.4 Å². The van der Waals surface area contributed by atoms with Crippen LogP contribution in [0.25, 0.3) is 22.4 Å². The van der Waals surface area contributed by atoms with E-state index in [9.17, 15) is 4.79 Å². The molecule has 1 unspecified atom stereocenters. The molecule has 12 heteroatoms. The summed E-state index contributed by atoms with van der Waals surface area (Å²) >= 11 is 0. The van der Waals surface area contributed by atoms with Crippen LogP contribution in [0.3, 0.4) is 0 Å². The molecule has 0 N–H and O–H groups in total. The fourth-order valence-corrected chi connectivity index (χ4v) is 5.86. The standard InChI is InChI=1S/C32H41FN6O5/c1-32(2,3)44-31(40)39(22-8-9-22)23-12-13-37(19-23)29-11-10-27(35-36-29)25-15-26(33)24(16-28(25)43-20-41-4)21-17-34-38(18-21)30-7-5-6-14-42-30/h10-11,15-18,22-23,30H,5-9,12-14,19-20H2,1-4H3/t23-,30?/m0/s1. The highest BCUT2D eigenvalue weighted by Gasteiger charge is 2.42. The molecule has 6 rings (SSSR count). The van der Waals surface area contributed by atoms with E-state index in [1.165, 1.54) is 13.2 Å². The van der Waals surface area contributed by atoms with Gasteiger partial charge in [-0.2, -0.15) is 5.10 Å². The summed E-state index contributed by atoms with van der Waals surface area (Å²) in [6.07, 6.45) is 8.87. The van der Waals surface area contributed by atoms with Crippen LogP contribution in [0.2, 0.25) is 0 Å².